The van der Waals surface area contributed by atoms with E-state index in [4.69, 9.17) is 5.11 Å². The van der Waals surface area contributed by atoms with Gasteiger partial charge < -0.3 is 10.4 Å². The highest BCUT2D eigenvalue weighted by Gasteiger charge is 2.21. The summed E-state index contributed by atoms with van der Waals surface area (Å²) in [5.74, 6) is -0.598. The molecule has 3 nitrogen and oxygen atoms in total. The SMILES string of the molecule is CC1CCCCC1CNc1ccc(C(=O)O)c(F)c1. The molecule has 1 aliphatic rings. The second-order valence-corrected chi connectivity index (χ2v) is 5.40. The third kappa shape index (κ3) is 3.46. The van der Waals surface area contributed by atoms with E-state index in [1.54, 1.807) is 6.07 Å². The molecule has 0 amide bonds. The third-order valence-corrected chi connectivity index (χ3v) is 4.06. The van der Waals surface area contributed by atoms with Crippen molar-refractivity contribution in [2.75, 3.05) is 11.9 Å². The van der Waals surface area contributed by atoms with Crippen LogP contribution < -0.4 is 5.32 Å². The minimum atomic E-state index is -1.23. The summed E-state index contributed by atoms with van der Waals surface area (Å²) in [7, 11) is 0. The molecule has 0 aliphatic heterocycles. The zero-order valence-corrected chi connectivity index (χ0v) is 11.2. The van der Waals surface area contributed by atoms with Crippen LogP contribution in [0.2, 0.25) is 0 Å². The molecule has 1 aromatic rings. The monoisotopic (exact) mass is 265 g/mol. The van der Waals surface area contributed by atoms with Crippen LogP contribution in [0.5, 0.6) is 0 Å². The van der Waals surface area contributed by atoms with Crippen LogP contribution in [0, 0.1) is 17.7 Å². The molecule has 2 atom stereocenters. The van der Waals surface area contributed by atoms with Gasteiger partial charge in [0, 0.05) is 12.2 Å². The molecular formula is C15H20FNO2. The maximum atomic E-state index is 13.5. The van der Waals surface area contributed by atoms with Crippen molar-refractivity contribution >= 4 is 11.7 Å². The second kappa shape index (κ2) is 6.04. The Kier molecular flexibility index (Phi) is 4.40. The first-order chi connectivity index (χ1) is 9.08. The molecule has 0 bridgehead atoms. The number of anilines is 1. The lowest BCUT2D eigenvalue weighted by atomic mass is 9.80. The molecule has 2 N–H and O–H groups in total. The third-order valence-electron chi connectivity index (χ3n) is 4.06. The molecule has 4 heteroatoms. The lowest BCUT2D eigenvalue weighted by molar-refractivity contribution is 0.0692. The van der Waals surface area contributed by atoms with E-state index in [1.807, 2.05) is 0 Å². The van der Waals surface area contributed by atoms with Crippen LogP contribution in [0.4, 0.5) is 10.1 Å². The topological polar surface area (TPSA) is 49.3 Å². The van der Waals surface area contributed by atoms with Crippen molar-refractivity contribution in [3.8, 4) is 0 Å². The Balaban J connectivity index is 1.96. The number of hydrogen-bond donors (Lipinski definition) is 2. The molecule has 0 saturated heterocycles. The Labute approximate surface area is 112 Å². The second-order valence-electron chi connectivity index (χ2n) is 5.40. The van der Waals surface area contributed by atoms with Crippen molar-refractivity contribution in [1.29, 1.82) is 0 Å². The summed E-state index contributed by atoms with van der Waals surface area (Å²) in [4.78, 5) is 10.7. The number of carbonyl (C=O) groups is 1. The van der Waals surface area contributed by atoms with E-state index in [2.05, 4.69) is 12.2 Å². The molecule has 0 heterocycles. The first kappa shape index (κ1) is 13.8. The predicted molar refractivity (Wildman–Crippen MR) is 73.0 cm³/mol. The van der Waals surface area contributed by atoms with Gasteiger partial charge in [0.25, 0.3) is 0 Å². The molecular weight excluding hydrogens is 245 g/mol. The van der Waals surface area contributed by atoms with Gasteiger partial charge in [0.05, 0.1) is 5.56 Å². The Morgan fingerprint density at radius 1 is 1.42 bits per heavy atom. The summed E-state index contributed by atoms with van der Waals surface area (Å²) < 4.78 is 13.5. The summed E-state index contributed by atoms with van der Waals surface area (Å²) in [5, 5.41) is 12.0. The van der Waals surface area contributed by atoms with E-state index in [0.717, 1.165) is 6.54 Å². The van der Waals surface area contributed by atoms with Crippen LogP contribution in [-0.4, -0.2) is 17.6 Å². The smallest absolute Gasteiger partial charge is 0.338 e. The molecule has 1 aromatic carbocycles. The van der Waals surface area contributed by atoms with Gasteiger partial charge >= 0.3 is 5.97 Å². The van der Waals surface area contributed by atoms with Gasteiger partial charge in [-0.25, -0.2) is 9.18 Å². The maximum absolute atomic E-state index is 13.5. The average molecular weight is 265 g/mol. The summed E-state index contributed by atoms with van der Waals surface area (Å²) in [5.41, 5.74) is 0.372. The van der Waals surface area contributed by atoms with E-state index < -0.39 is 11.8 Å². The minimum Gasteiger partial charge on any atom is -0.478 e. The van der Waals surface area contributed by atoms with Gasteiger partial charge in [0.1, 0.15) is 5.82 Å². The number of hydrogen-bond acceptors (Lipinski definition) is 2. The van der Waals surface area contributed by atoms with E-state index in [-0.39, 0.29) is 5.56 Å². The normalized spacial score (nSPS) is 23.1. The lowest BCUT2D eigenvalue weighted by Crippen LogP contribution is -2.24. The fourth-order valence-corrected chi connectivity index (χ4v) is 2.74. The van der Waals surface area contributed by atoms with Crippen LogP contribution in [0.3, 0.4) is 0 Å². The average Bonchev–Trinajstić information content (AvgIpc) is 2.37. The van der Waals surface area contributed by atoms with Crippen molar-refractivity contribution < 1.29 is 14.3 Å². The molecule has 104 valence electrons. The van der Waals surface area contributed by atoms with E-state index in [1.165, 1.54) is 37.8 Å². The van der Waals surface area contributed by atoms with Crippen LogP contribution in [0.1, 0.15) is 43.0 Å². The minimum absolute atomic E-state index is 0.281. The van der Waals surface area contributed by atoms with E-state index in [9.17, 15) is 9.18 Å². The van der Waals surface area contributed by atoms with E-state index in [0.29, 0.717) is 17.5 Å². The Morgan fingerprint density at radius 2 is 2.16 bits per heavy atom. The summed E-state index contributed by atoms with van der Waals surface area (Å²) in [6.45, 7) is 3.09. The predicted octanol–water partition coefficient (Wildman–Crippen LogP) is 3.76. The highest BCUT2D eigenvalue weighted by molar-refractivity contribution is 5.88. The van der Waals surface area contributed by atoms with Gasteiger partial charge in [-0.05, 0) is 36.5 Å². The number of carboxylic acids is 1. The van der Waals surface area contributed by atoms with Crippen molar-refractivity contribution in [3.05, 3.63) is 29.6 Å². The zero-order chi connectivity index (χ0) is 13.8. The van der Waals surface area contributed by atoms with Crippen LogP contribution in [0.25, 0.3) is 0 Å². The summed E-state index contributed by atoms with van der Waals surface area (Å²) >= 11 is 0. The Morgan fingerprint density at radius 3 is 2.79 bits per heavy atom. The number of nitrogens with one attached hydrogen (secondary N) is 1. The van der Waals surface area contributed by atoms with Crippen molar-refractivity contribution in [2.45, 2.75) is 32.6 Å². The van der Waals surface area contributed by atoms with Crippen molar-refractivity contribution in [3.63, 3.8) is 0 Å². The van der Waals surface area contributed by atoms with Gasteiger partial charge in [-0.3, -0.25) is 0 Å². The van der Waals surface area contributed by atoms with Gasteiger partial charge in [0.15, 0.2) is 0 Å². The number of aromatic carboxylic acids is 1. The standard InChI is InChI=1S/C15H20FNO2/c1-10-4-2-3-5-11(10)9-17-12-6-7-13(15(18)19)14(16)8-12/h6-8,10-11,17H,2-5,9H2,1H3,(H,18,19). The summed E-state index contributed by atoms with van der Waals surface area (Å²) in [6, 6.07) is 4.20. The zero-order valence-electron chi connectivity index (χ0n) is 11.2. The molecule has 2 rings (SSSR count). The molecule has 2 unspecified atom stereocenters. The molecule has 1 fully saturated rings. The molecule has 19 heavy (non-hydrogen) atoms. The maximum Gasteiger partial charge on any atom is 0.338 e. The highest BCUT2D eigenvalue weighted by Crippen LogP contribution is 2.29. The van der Waals surface area contributed by atoms with Crippen LogP contribution >= 0.6 is 0 Å². The fraction of sp³-hybridized carbons (Fsp3) is 0.533. The lowest BCUT2D eigenvalue weighted by Gasteiger charge is -2.29. The Hall–Kier alpha value is -1.58. The van der Waals surface area contributed by atoms with Crippen LogP contribution in [-0.2, 0) is 0 Å². The Bertz CT molecular complexity index is 461. The van der Waals surface area contributed by atoms with Crippen LogP contribution in [0.15, 0.2) is 18.2 Å². The van der Waals surface area contributed by atoms with Gasteiger partial charge in [-0.1, -0.05) is 26.2 Å². The number of benzene rings is 1. The van der Waals surface area contributed by atoms with Gasteiger partial charge in [-0.2, -0.15) is 0 Å². The molecule has 1 aliphatic carbocycles. The molecule has 0 radical (unpaired) electrons. The number of halogens is 1. The van der Waals surface area contributed by atoms with E-state index >= 15 is 0 Å². The van der Waals surface area contributed by atoms with Crippen molar-refractivity contribution in [1.82, 2.24) is 0 Å². The molecule has 0 spiro atoms. The van der Waals surface area contributed by atoms with Gasteiger partial charge in [0.2, 0.25) is 0 Å². The van der Waals surface area contributed by atoms with Crippen molar-refractivity contribution in [2.24, 2.45) is 11.8 Å². The quantitative estimate of drug-likeness (QED) is 0.871. The van der Waals surface area contributed by atoms with Gasteiger partial charge in [-0.15, -0.1) is 0 Å². The first-order valence-electron chi connectivity index (χ1n) is 6.84. The largest absolute Gasteiger partial charge is 0.478 e. The fourth-order valence-electron chi connectivity index (χ4n) is 2.74. The first-order valence-corrected chi connectivity index (χ1v) is 6.84. The number of rotatable bonds is 4. The number of carboxylic acid groups (broad SMARTS) is 1. The molecule has 1 saturated carbocycles. The molecule has 0 aromatic heterocycles. The summed E-state index contributed by atoms with van der Waals surface area (Å²) in [6.07, 6.45) is 5.05. The highest BCUT2D eigenvalue weighted by atomic mass is 19.1.